The summed E-state index contributed by atoms with van der Waals surface area (Å²) in [6.07, 6.45) is 4.84. The van der Waals surface area contributed by atoms with Gasteiger partial charge in [-0.15, -0.1) is 0 Å². The highest BCUT2D eigenvalue weighted by Gasteiger charge is 2.62. The van der Waals surface area contributed by atoms with E-state index in [4.69, 9.17) is 19.2 Å². The van der Waals surface area contributed by atoms with Crippen molar-refractivity contribution in [1.82, 2.24) is 25.2 Å². The lowest BCUT2D eigenvalue weighted by molar-refractivity contribution is -0.140. The zero-order valence-electron chi connectivity index (χ0n) is 34.9. The van der Waals surface area contributed by atoms with Crippen LogP contribution < -0.4 is 29.7 Å². The zero-order valence-corrected chi connectivity index (χ0v) is 36.5. The van der Waals surface area contributed by atoms with E-state index in [1.165, 1.54) is 16.7 Å². The molecule has 3 heterocycles. The summed E-state index contributed by atoms with van der Waals surface area (Å²) in [6.45, 7) is 5.14. The Bertz CT molecular complexity index is 2280. The van der Waals surface area contributed by atoms with Crippen molar-refractivity contribution in [3.63, 3.8) is 0 Å². The summed E-state index contributed by atoms with van der Waals surface area (Å²) in [5.74, 6) is -0.514. The third kappa shape index (κ3) is 9.78. The van der Waals surface area contributed by atoms with Crippen LogP contribution in [0.25, 0.3) is 22.0 Å². The number of nitrogens with one attached hydrogen (secondary N) is 3. The average Bonchev–Trinajstić information content (AvgIpc) is 4.12. The molecule has 7 rings (SSSR count). The number of rotatable bonds is 9. The van der Waals surface area contributed by atoms with Crippen molar-refractivity contribution < 1.29 is 41.8 Å². The normalized spacial score (nSPS) is 24.9. The second-order valence-electron chi connectivity index (χ2n) is 17.1. The van der Waals surface area contributed by atoms with Gasteiger partial charge in [0.1, 0.15) is 35.1 Å². The first-order chi connectivity index (χ1) is 28.5. The maximum absolute atomic E-state index is 14.7. The highest BCUT2D eigenvalue weighted by molar-refractivity contribution is 7.99. The van der Waals surface area contributed by atoms with E-state index in [9.17, 15) is 27.6 Å². The molecule has 2 aliphatic heterocycles. The van der Waals surface area contributed by atoms with Crippen LogP contribution in [-0.4, -0.2) is 116 Å². The van der Waals surface area contributed by atoms with E-state index in [-0.39, 0.29) is 25.1 Å². The number of benzene rings is 2. The molecule has 4 aliphatic rings. The van der Waals surface area contributed by atoms with Gasteiger partial charge < -0.3 is 34.6 Å². The summed E-state index contributed by atoms with van der Waals surface area (Å²) < 4.78 is 45.7. The molecule has 5 atom stereocenters. The van der Waals surface area contributed by atoms with E-state index in [1.54, 1.807) is 27.9 Å². The first-order valence-corrected chi connectivity index (χ1v) is 23.0. The molecule has 15 nitrogen and oxygen atoms in total. The summed E-state index contributed by atoms with van der Waals surface area (Å²) in [5, 5.41) is 6.60. The van der Waals surface area contributed by atoms with Crippen molar-refractivity contribution in [2.24, 2.45) is 5.92 Å². The van der Waals surface area contributed by atoms with Gasteiger partial charge in [0.05, 0.1) is 24.6 Å². The number of aromatic nitrogens is 1. The van der Waals surface area contributed by atoms with Gasteiger partial charge >= 0.3 is 6.09 Å². The van der Waals surface area contributed by atoms with Crippen LogP contribution in [0.15, 0.2) is 60.7 Å². The highest BCUT2D eigenvalue weighted by Crippen LogP contribution is 2.46. The van der Waals surface area contributed by atoms with Crippen molar-refractivity contribution in [3.05, 3.63) is 60.7 Å². The van der Waals surface area contributed by atoms with E-state index in [0.717, 1.165) is 28.4 Å². The Kier molecular flexibility index (Phi) is 12.3. The summed E-state index contributed by atoms with van der Waals surface area (Å²) in [5.41, 5.74) is 0.0690. The van der Waals surface area contributed by atoms with Gasteiger partial charge in [-0.3, -0.25) is 19.1 Å². The fourth-order valence-electron chi connectivity index (χ4n) is 7.58. The highest BCUT2D eigenvalue weighted by atomic mass is 32.2. The Morgan fingerprint density at radius 2 is 1.82 bits per heavy atom. The number of carbonyl (C=O) groups is 4. The second kappa shape index (κ2) is 17.1. The minimum atomic E-state index is -3.92. The van der Waals surface area contributed by atoms with Crippen LogP contribution in [0.1, 0.15) is 59.3 Å². The van der Waals surface area contributed by atoms with Gasteiger partial charge in [0.15, 0.2) is 0 Å². The molecule has 1 unspecified atom stereocenters. The lowest BCUT2D eigenvalue weighted by Crippen LogP contribution is -2.58. The molecule has 60 heavy (non-hydrogen) atoms. The molecule has 0 spiro atoms. The molecular weight excluding hydrogens is 809 g/mol. The Morgan fingerprint density at radius 1 is 1.07 bits per heavy atom. The smallest absolute Gasteiger partial charge is 0.408 e. The van der Waals surface area contributed by atoms with Crippen molar-refractivity contribution in [3.8, 4) is 22.9 Å². The maximum Gasteiger partial charge on any atom is 0.408 e. The van der Waals surface area contributed by atoms with Crippen LogP contribution in [0.4, 0.5) is 10.5 Å². The minimum absolute atomic E-state index is 0.0220. The molecule has 3 N–H and O–H groups in total. The number of sulfonamides is 1. The molecule has 2 saturated carbocycles. The van der Waals surface area contributed by atoms with Gasteiger partial charge in [-0.25, -0.2) is 18.2 Å². The lowest BCUT2D eigenvalue weighted by Gasteiger charge is -2.30. The SMILES string of the molecule is COc1ccc(-c2cc3cc(N(C)C)ccc3c(OC3C[C@H]4C(=O)N[C@]5(C(=O)NS(=O)(=O)C6CC6)C[C@H]5C=CCCCSC[C@H](NC(=O)OC(C)(C)C)C(=O)N4C3)n2)cc1. The Labute approximate surface area is 355 Å². The molecule has 0 radical (unpaired) electrons. The number of hydrogen-bond donors (Lipinski definition) is 3. The van der Waals surface area contributed by atoms with Gasteiger partial charge in [0, 0.05) is 48.8 Å². The summed E-state index contributed by atoms with van der Waals surface area (Å²) in [7, 11) is 1.59. The van der Waals surface area contributed by atoms with Crippen molar-refractivity contribution >= 4 is 62.1 Å². The third-order valence-electron chi connectivity index (χ3n) is 11.1. The monoisotopic (exact) mass is 862 g/mol. The van der Waals surface area contributed by atoms with Crippen LogP contribution in [0.3, 0.4) is 0 Å². The molecule has 3 aromatic rings. The van der Waals surface area contributed by atoms with Crippen molar-refractivity contribution in [2.45, 2.75) is 93.9 Å². The summed E-state index contributed by atoms with van der Waals surface area (Å²) >= 11 is 1.50. The number of ether oxygens (including phenoxy) is 3. The topological polar surface area (TPSA) is 186 Å². The Hall–Kier alpha value is -5.03. The van der Waals surface area contributed by atoms with Gasteiger partial charge in [-0.1, -0.05) is 12.2 Å². The molecule has 4 amide bonds. The van der Waals surface area contributed by atoms with Crippen molar-refractivity contribution in [1.29, 1.82) is 0 Å². The zero-order chi connectivity index (χ0) is 43.0. The van der Waals surface area contributed by atoms with Gasteiger partial charge in [-0.2, -0.15) is 11.8 Å². The molecule has 2 aliphatic carbocycles. The number of allylic oxidation sites excluding steroid dienone is 1. The third-order valence-corrected chi connectivity index (χ3v) is 14.0. The van der Waals surface area contributed by atoms with Gasteiger partial charge in [0.25, 0.3) is 5.91 Å². The lowest BCUT2D eigenvalue weighted by atomic mass is 10.1. The molecule has 0 bridgehead atoms. The molecule has 322 valence electrons. The first kappa shape index (κ1) is 43.1. The molecule has 17 heteroatoms. The minimum Gasteiger partial charge on any atom is -0.497 e. The molecule has 2 aromatic carbocycles. The van der Waals surface area contributed by atoms with Crippen LogP contribution in [0.5, 0.6) is 11.6 Å². The van der Waals surface area contributed by atoms with Crippen molar-refractivity contribution in [2.75, 3.05) is 44.2 Å². The van der Waals surface area contributed by atoms with Crippen LogP contribution in [0.2, 0.25) is 0 Å². The number of thioether (sulfide) groups is 1. The van der Waals surface area contributed by atoms with E-state index in [1.807, 2.05) is 79.7 Å². The fourth-order valence-corrected chi connectivity index (χ4v) is 9.94. The largest absolute Gasteiger partial charge is 0.497 e. The second-order valence-corrected chi connectivity index (χ2v) is 20.2. The number of fused-ring (bicyclic) bond motifs is 3. The summed E-state index contributed by atoms with van der Waals surface area (Å²) in [4.78, 5) is 64.6. The first-order valence-electron chi connectivity index (χ1n) is 20.3. The van der Waals surface area contributed by atoms with Gasteiger partial charge in [-0.05, 0) is 113 Å². The van der Waals surface area contributed by atoms with E-state index < -0.39 is 74.3 Å². The number of hydrogen-bond acceptors (Lipinski definition) is 12. The molecule has 3 fully saturated rings. The van der Waals surface area contributed by atoms with E-state index >= 15 is 0 Å². The molecule has 1 aromatic heterocycles. The predicted molar refractivity (Wildman–Crippen MR) is 231 cm³/mol. The Morgan fingerprint density at radius 3 is 2.50 bits per heavy atom. The molecular formula is C43H54N6O9S2. The average molecular weight is 863 g/mol. The fraction of sp³-hybridized carbons (Fsp3) is 0.512. The molecule has 1 saturated heterocycles. The number of pyridine rings is 1. The van der Waals surface area contributed by atoms with E-state index in [2.05, 4.69) is 15.4 Å². The van der Waals surface area contributed by atoms with E-state index in [0.29, 0.717) is 42.3 Å². The standard InChI is InChI=1S/C43H54N6O9S2/c1-42(2,3)58-41(53)45-35-25-59-19-9-7-8-10-28-23-43(28,40(52)47-60(54,55)32-16-17-32)46-37(50)36-22-31(24-49(36)39(35)51)57-38-33-18-13-29(48(4)5)20-27(33)21-34(44-38)26-11-14-30(56-6)15-12-26/h8,10-15,18,20-21,28,31-32,35-36H,7,9,16-17,19,22-25H2,1-6H3,(H,45,53)(H,46,50)(H,47,52)/t28-,31?,35+,36+,43-/m1/s1. The maximum atomic E-state index is 14.7. The number of nitrogens with zero attached hydrogens (tertiary/aromatic N) is 3. The number of amides is 4. The summed E-state index contributed by atoms with van der Waals surface area (Å²) in [6, 6.07) is 13.2. The Balaban J connectivity index is 1.24. The van der Waals surface area contributed by atoms with Crippen LogP contribution in [-0.2, 0) is 29.1 Å². The van der Waals surface area contributed by atoms with Gasteiger partial charge in [0.2, 0.25) is 27.7 Å². The number of anilines is 1. The number of methoxy groups -OCH3 is 1. The number of alkyl carbamates (subject to hydrolysis) is 1. The number of carbonyl (C=O) groups excluding carboxylic acids is 4. The predicted octanol–water partition coefficient (Wildman–Crippen LogP) is 4.78. The quantitative estimate of drug-likeness (QED) is 0.251. The van der Waals surface area contributed by atoms with Crippen LogP contribution >= 0.6 is 11.8 Å². The van der Waals surface area contributed by atoms with Crippen LogP contribution in [0, 0.1) is 5.92 Å².